The number of benzene rings is 2. The number of carbonyl (C=O) groups excluding carboxylic acids is 3. The van der Waals surface area contributed by atoms with Gasteiger partial charge in [0, 0.05) is 31.6 Å². The lowest BCUT2D eigenvalue weighted by Crippen LogP contribution is -2.50. The van der Waals surface area contributed by atoms with Crippen molar-refractivity contribution in [2.45, 2.75) is 57.6 Å². The molecule has 1 saturated heterocycles. The van der Waals surface area contributed by atoms with E-state index in [1.54, 1.807) is 11.0 Å². The number of phenols is 1. The van der Waals surface area contributed by atoms with Gasteiger partial charge in [-0.2, -0.15) is 0 Å². The zero-order valence-corrected chi connectivity index (χ0v) is 20.6. The van der Waals surface area contributed by atoms with Gasteiger partial charge in [-0.25, -0.2) is 0 Å². The van der Waals surface area contributed by atoms with E-state index in [-0.39, 0.29) is 30.1 Å². The fourth-order valence-corrected chi connectivity index (χ4v) is 6.07. The highest BCUT2D eigenvalue weighted by atomic mass is 16.5. The maximum atomic E-state index is 14.1. The molecule has 1 N–H and O–H groups in total. The smallest absolute Gasteiger partial charge is 0.310 e. The van der Waals surface area contributed by atoms with Gasteiger partial charge < -0.3 is 19.6 Å². The molecule has 36 heavy (non-hydrogen) atoms. The molecule has 1 saturated carbocycles. The van der Waals surface area contributed by atoms with Crippen LogP contribution < -0.4 is 0 Å². The number of aromatic hydroxyl groups is 1. The molecule has 2 aromatic rings. The van der Waals surface area contributed by atoms with Gasteiger partial charge in [-0.3, -0.25) is 14.4 Å². The summed E-state index contributed by atoms with van der Waals surface area (Å²) in [7, 11) is 0. The minimum Gasteiger partial charge on any atom is -0.508 e. The summed E-state index contributed by atoms with van der Waals surface area (Å²) < 4.78 is 5.66. The number of amides is 2. The van der Waals surface area contributed by atoms with Crippen LogP contribution in [0.4, 0.5) is 0 Å². The van der Waals surface area contributed by atoms with E-state index in [2.05, 4.69) is 0 Å². The van der Waals surface area contributed by atoms with Crippen LogP contribution in [-0.4, -0.2) is 52.3 Å². The van der Waals surface area contributed by atoms with Crippen LogP contribution >= 0.6 is 0 Å². The molecule has 0 spiro atoms. The number of carbonyl (C=O) groups is 3. The molecule has 7 nitrogen and oxygen atoms in total. The van der Waals surface area contributed by atoms with Gasteiger partial charge in [-0.05, 0) is 42.9 Å². The van der Waals surface area contributed by atoms with Crippen LogP contribution in [0.5, 0.6) is 5.75 Å². The van der Waals surface area contributed by atoms with E-state index in [1.807, 2.05) is 47.4 Å². The number of esters is 1. The van der Waals surface area contributed by atoms with Crippen LogP contribution in [0.15, 0.2) is 48.5 Å². The maximum Gasteiger partial charge on any atom is 0.310 e. The topological polar surface area (TPSA) is 87.2 Å². The first-order valence-corrected chi connectivity index (χ1v) is 13.1. The maximum absolute atomic E-state index is 14.1. The van der Waals surface area contributed by atoms with Gasteiger partial charge in [0.2, 0.25) is 11.8 Å². The molecular weight excluding hydrogens is 456 g/mol. The fourth-order valence-electron chi connectivity index (χ4n) is 6.07. The van der Waals surface area contributed by atoms with Crippen molar-refractivity contribution in [1.82, 2.24) is 9.80 Å². The molecule has 2 aliphatic heterocycles. The second-order valence-corrected chi connectivity index (χ2v) is 10.2. The van der Waals surface area contributed by atoms with Crippen LogP contribution in [0, 0.1) is 11.8 Å². The van der Waals surface area contributed by atoms with Crippen molar-refractivity contribution in [3.8, 4) is 5.75 Å². The first-order valence-electron chi connectivity index (χ1n) is 13.1. The van der Waals surface area contributed by atoms with Gasteiger partial charge in [-0.15, -0.1) is 0 Å². The Balaban J connectivity index is 1.37. The number of hydrogen-bond donors (Lipinski definition) is 1. The van der Waals surface area contributed by atoms with E-state index in [4.69, 9.17) is 4.74 Å². The van der Waals surface area contributed by atoms with Crippen LogP contribution in [0.25, 0.3) is 0 Å². The third-order valence-electron chi connectivity index (χ3n) is 7.96. The van der Waals surface area contributed by atoms with Gasteiger partial charge in [0.15, 0.2) is 0 Å². The Bertz CT molecular complexity index is 1120. The highest BCUT2D eigenvalue weighted by Crippen LogP contribution is 2.40. The van der Waals surface area contributed by atoms with Gasteiger partial charge in [0.1, 0.15) is 12.4 Å². The molecule has 2 fully saturated rings. The van der Waals surface area contributed by atoms with E-state index in [1.165, 1.54) is 0 Å². The molecule has 5 rings (SSSR count). The van der Waals surface area contributed by atoms with Gasteiger partial charge >= 0.3 is 5.97 Å². The Hall–Kier alpha value is -3.35. The quantitative estimate of drug-likeness (QED) is 0.619. The lowest BCUT2D eigenvalue weighted by Gasteiger charge is -2.42. The molecule has 1 aliphatic carbocycles. The number of fused-ring (bicyclic) bond motifs is 1. The van der Waals surface area contributed by atoms with Crippen molar-refractivity contribution >= 4 is 17.8 Å². The molecule has 0 bridgehead atoms. The van der Waals surface area contributed by atoms with Gasteiger partial charge in [0.05, 0.1) is 17.9 Å². The Morgan fingerprint density at radius 3 is 2.44 bits per heavy atom. The third-order valence-corrected chi connectivity index (χ3v) is 7.96. The third kappa shape index (κ3) is 4.97. The normalized spacial score (nSPS) is 23.9. The van der Waals surface area contributed by atoms with Crippen molar-refractivity contribution < 1.29 is 24.2 Å². The van der Waals surface area contributed by atoms with Crippen LogP contribution in [-0.2, 0) is 32.1 Å². The lowest BCUT2D eigenvalue weighted by atomic mass is 9.77. The average molecular weight is 491 g/mol. The summed E-state index contributed by atoms with van der Waals surface area (Å²) >= 11 is 0. The molecule has 1 unspecified atom stereocenters. The van der Waals surface area contributed by atoms with Gasteiger partial charge in [-0.1, -0.05) is 55.3 Å². The Labute approximate surface area is 212 Å². The largest absolute Gasteiger partial charge is 0.508 e. The monoisotopic (exact) mass is 490 g/mol. The second-order valence-electron chi connectivity index (χ2n) is 10.2. The second kappa shape index (κ2) is 10.7. The highest BCUT2D eigenvalue weighted by molar-refractivity contribution is 5.86. The number of phenolic OH excluding ortho intramolecular Hbond substituents is 1. The molecule has 0 radical (unpaired) electrons. The first kappa shape index (κ1) is 24.3. The van der Waals surface area contributed by atoms with Crippen LogP contribution in [0.1, 0.15) is 61.3 Å². The van der Waals surface area contributed by atoms with E-state index in [0.29, 0.717) is 45.3 Å². The predicted octanol–water partition coefficient (Wildman–Crippen LogP) is 3.99. The summed E-state index contributed by atoms with van der Waals surface area (Å²) in [6.45, 7) is 1.73. The zero-order valence-electron chi connectivity index (χ0n) is 20.6. The SMILES string of the molecule is O=C(OCc1ccccc1)[C@H]1CCCCC1C(=O)N1CCc2cccc(O)c2[C@H]1CN1CCCC1=O. The van der Waals surface area contributed by atoms with Crippen molar-refractivity contribution in [2.24, 2.45) is 11.8 Å². The van der Waals surface area contributed by atoms with E-state index >= 15 is 0 Å². The number of ether oxygens (including phenoxy) is 1. The van der Waals surface area contributed by atoms with E-state index < -0.39 is 17.9 Å². The number of likely N-dealkylation sites (tertiary alicyclic amines) is 1. The summed E-state index contributed by atoms with van der Waals surface area (Å²) in [5, 5.41) is 10.8. The van der Waals surface area contributed by atoms with Crippen molar-refractivity contribution in [1.29, 1.82) is 0 Å². The molecule has 3 aliphatic rings. The lowest BCUT2D eigenvalue weighted by molar-refractivity contribution is -0.159. The Morgan fingerprint density at radius 2 is 1.69 bits per heavy atom. The first-order chi connectivity index (χ1) is 17.5. The molecule has 0 aromatic heterocycles. The Morgan fingerprint density at radius 1 is 0.917 bits per heavy atom. The standard InChI is InChI=1S/C29H34N2O5/c32-25-13-6-10-21-15-17-31(24(27(21)25)18-30-16-7-14-26(30)33)28(34)22-11-4-5-12-23(22)29(35)36-19-20-8-2-1-3-9-20/h1-3,6,8-10,13,22-24,32H,4-5,7,11-12,14-19H2/t22?,23-,24+/m0/s1. The van der Waals surface area contributed by atoms with Gasteiger partial charge in [0.25, 0.3) is 0 Å². The summed E-state index contributed by atoms with van der Waals surface area (Å²) in [6.07, 6.45) is 5.03. The minimum atomic E-state index is -0.477. The van der Waals surface area contributed by atoms with Crippen molar-refractivity contribution in [2.75, 3.05) is 19.6 Å². The average Bonchev–Trinajstić information content (AvgIpc) is 3.31. The summed E-state index contributed by atoms with van der Waals surface area (Å²) in [4.78, 5) is 43.3. The zero-order chi connectivity index (χ0) is 25.1. The molecule has 3 atom stereocenters. The van der Waals surface area contributed by atoms with Crippen molar-refractivity contribution in [3.05, 3.63) is 65.2 Å². The number of nitrogens with zero attached hydrogens (tertiary/aromatic N) is 2. The van der Waals surface area contributed by atoms with Crippen molar-refractivity contribution in [3.63, 3.8) is 0 Å². The molecule has 190 valence electrons. The van der Waals surface area contributed by atoms with E-state index in [0.717, 1.165) is 36.0 Å². The predicted molar refractivity (Wildman–Crippen MR) is 134 cm³/mol. The fraction of sp³-hybridized carbons (Fsp3) is 0.483. The van der Waals surface area contributed by atoms with Crippen LogP contribution in [0.3, 0.4) is 0 Å². The Kier molecular flexibility index (Phi) is 7.25. The minimum absolute atomic E-state index is 0.0677. The number of hydrogen-bond acceptors (Lipinski definition) is 5. The number of rotatable bonds is 6. The molecule has 7 heteroatoms. The van der Waals surface area contributed by atoms with E-state index in [9.17, 15) is 19.5 Å². The molecular formula is C29H34N2O5. The highest BCUT2D eigenvalue weighted by Gasteiger charge is 2.43. The summed E-state index contributed by atoms with van der Waals surface area (Å²) in [6, 6.07) is 14.6. The van der Waals surface area contributed by atoms with Crippen LogP contribution in [0.2, 0.25) is 0 Å². The summed E-state index contributed by atoms with van der Waals surface area (Å²) in [5.41, 5.74) is 2.66. The summed E-state index contributed by atoms with van der Waals surface area (Å²) in [5.74, 6) is -1.07. The molecule has 2 aromatic carbocycles. The molecule has 2 heterocycles. The molecule has 2 amide bonds.